The van der Waals surface area contributed by atoms with Crippen molar-refractivity contribution < 1.29 is 14.5 Å². The van der Waals surface area contributed by atoms with Crippen molar-refractivity contribution in [3.05, 3.63) is 39.9 Å². The van der Waals surface area contributed by atoms with Crippen LogP contribution in [-0.2, 0) is 4.74 Å². The SMILES string of the molecule is CC1CC(OC(=O)c2ccc([N+](=O)[O-])cc2)C1. The van der Waals surface area contributed by atoms with Crippen molar-refractivity contribution in [1.29, 1.82) is 0 Å². The molecular weight excluding hydrogens is 222 g/mol. The number of hydrogen-bond donors (Lipinski definition) is 0. The average molecular weight is 235 g/mol. The van der Waals surface area contributed by atoms with Crippen molar-refractivity contribution >= 4 is 11.7 Å². The highest BCUT2D eigenvalue weighted by Gasteiger charge is 2.29. The number of ether oxygens (including phenoxy) is 1. The van der Waals surface area contributed by atoms with Crippen LogP contribution >= 0.6 is 0 Å². The fourth-order valence-electron chi connectivity index (χ4n) is 1.86. The van der Waals surface area contributed by atoms with Gasteiger partial charge in [0.25, 0.3) is 5.69 Å². The van der Waals surface area contributed by atoms with Gasteiger partial charge in [0, 0.05) is 12.1 Å². The van der Waals surface area contributed by atoms with E-state index in [0.717, 1.165) is 12.8 Å². The smallest absolute Gasteiger partial charge is 0.338 e. The van der Waals surface area contributed by atoms with Crippen molar-refractivity contribution in [2.45, 2.75) is 25.9 Å². The molecule has 1 aromatic rings. The Bertz CT molecular complexity index is 434. The first kappa shape index (κ1) is 11.6. The third-order valence-electron chi connectivity index (χ3n) is 2.92. The van der Waals surface area contributed by atoms with Crippen molar-refractivity contribution in [1.82, 2.24) is 0 Å². The Morgan fingerprint density at radius 3 is 2.41 bits per heavy atom. The Balaban J connectivity index is 1.97. The molecule has 0 atom stereocenters. The van der Waals surface area contributed by atoms with Crippen molar-refractivity contribution in [3.8, 4) is 0 Å². The molecule has 1 fully saturated rings. The van der Waals surface area contributed by atoms with Crippen LogP contribution in [0.4, 0.5) is 5.69 Å². The molecule has 0 radical (unpaired) electrons. The van der Waals surface area contributed by atoms with Crippen LogP contribution in [0.5, 0.6) is 0 Å². The number of nitrogens with zero attached hydrogens (tertiary/aromatic N) is 1. The summed E-state index contributed by atoms with van der Waals surface area (Å²) in [5.41, 5.74) is 0.328. The van der Waals surface area contributed by atoms with Gasteiger partial charge in [0.05, 0.1) is 10.5 Å². The maximum atomic E-state index is 11.6. The summed E-state index contributed by atoms with van der Waals surface area (Å²) in [4.78, 5) is 21.6. The number of carbonyl (C=O) groups excluding carboxylic acids is 1. The fourth-order valence-corrected chi connectivity index (χ4v) is 1.86. The van der Waals surface area contributed by atoms with Crippen LogP contribution in [0.1, 0.15) is 30.1 Å². The van der Waals surface area contributed by atoms with E-state index < -0.39 is 10.9 Å². The molecule has 1 aliphatic carbocycles. The number of nitro groups is 1. The predicted molar refractivity (Wildman–Crippen MR) is 60.7 cm³/mol. The third kappa shape index (κ3) is 2.61. The average Bonchev–Trinajstić information content (AvgIpc) is 2.27. The molecule has 0 bridgehead atoms. The summed E-state index contributed by atoms with van der Waals surface area (Å²) < 4.78 is 5.23. The first-order valence-electron chi connectivity index (χ1n) is 5.51. The number of carbonyl (C=O) groups is 1. The van der Waals surface area contributed by atoms with Gasteiger partial charge in [-0.3, -0.25) is 10.1 Å². The minimum atomic E-state index is -0.497. The lowest BCUT2D eigenvalue weighted by Gasteiger charge is -2.31. The second-order valence-electron chi connectivity index (χ2n) is 4.41. The quantitative estimate of drug-likeness (QED) is 0.458. The van der Waals surface area contributed by atoms with Gasteiger partial charge in [0.1, 0.15) is 6.10 Å². The largest absolute Gasteiger partial charge is 0.459 e. The van der Waals surface area contributed by atoms with Gasteiger partial charge in [-0.25, -0.2) is 4.79 Å². The van der Waals surface area contributed by atoms with Gasteiger partial charge in [-0.05, 0) is 30.9 Å². The van der Waals surface area contributed by atoms with E-state index in [1.54, 1.807) is 0 Å². The standard InChI is InChI=1S/C12H13NO4/c1-8-6-11(7-8)17-12(14)9-2-4-10(5-3-9)13(15)16/h2-5,8,11H,6-7H2,1H3. The molecular formula is C12H13NO4. The molecule has 5 heteroatoms. The topological polar surface area (TPSA) is 69.4 Å². The first-order valence-corrected chi connectivity index (χ1v) is 5.51. The minimum absolute atomic E-state index is 0.00712. The fraction of sp³-hybridized carbons (Fsp3) is 0.417. The molecule has 0 heterocycles. The molecule has 5 nitrogen and oxygen atoms in total. The molecule has 1 aliphatic rings. The summed E-state index contributed by atoms with van der Waals surface area (Å²) in [7, 11) is 0. The van der Waals surface area contributed by atoms with E-state index in [9.17, 15) is 14.9 Å². The Kier molecular flexibility index (Phi) is 3.08. The van der Waals surface area contributed by atoms with E-state index in [-0.39, 0.29) is 11.8 Å². The number of nitro benzene ring substituents is 1. The molecule has 1 saturated carbocycles. The van der Waals surface area contributed by atoms with E-state index >= 15 is 0 Å². The number of esters is 1. The van der Waals surface area contributed by atoms with Gasteiger partial charge >= 0.3 is 5.97 Å². The van der Waals surface area contributed by atoms with E-state index in [1.165, 1.54) is 24.3 Å². The van der Waals surface area contributed by atoms with E-state index in [0.29, 0.717) is 11.5 Å². The van der Waals surface area contributed by atoms with Crippen molar-refractivity contribution in [2.24, 2.45) is 5.92 Å². The highest BCUT2D eigenvalue weighted by Crippen LogP contribution is 2.29. The van der Waals surface area contributed by atoms with Gasteiger partial charge in [0.2, 0.25) is 0 Å². The predicted octanol–water partition coefficient (Wildman–Crippen LogP) is 2.55. The molecule has 2 rings (SSSR count). The molecule has 0 aliphatic heterocycles. The monoisotopic (exact) mass is 235 g/mol. The Morgan fingerprint density at radius 2 is 1.94 bits per heavy atom. The van der Waals surface area contributed by atoms with Crippen LogP contribution in [0.3, 0.4) is 0 Å². The van der Waals surface area contributed by atoms with Crippen LogP contribution < -0.4 is 0 Å². The van der Waals surface area contributed by atoms with Crippen LogP contribution in [0.25, 0.3) is 0 Å². The van der Waals surface area contributed by atoms with Gasteiger partial charge in [-0.1, -0.05) is 6.92 Å². The highest BCUT2D eigenvalue weighted by molar-refractivity contribution is 5.89. The molecule has 0 saturated heterocycles. The maximum absolute atomic E-state index is 11.6. The number of rotatable bonds is 3. The summed E-state index contributed by atoms with van der Waals surface area (Å²) in [6.07, 6.45) is 1.81. The highest BCUT2D eigenvalue weighted by atomic mass is 16.6. The van der Waals surface area contributed by atoms with E-state index in [4.69, 9.17) is 4.74 Å². The zero-order valence-corrected chi connectivity index (χ0v) is 9.46. The summed E-state index contributed by atoms with van der Waals surface area (Å²) in [6.45, 7) is 2.11. The summed E-state index contributed by atoms with van der Waals surface area (Å²) >= 11 is 0. The minimum Gasteiger partial charge on any atom is -0.459 e. The van der Waals surface area contributed by atoms with Crippen LogP contribution in [0.2, 0.25) is 0 Å². The molecule has 1 aromatic carbocycles. The molecule has 17 heavy (non-hydrogen) atoms. The number of non-ortho nitro benzene ring substituents is 1. The Hall–Kier alpha value is -1.91. The van der Waals surface area contributed by atoms with Gasteiger partial charge in [0.15, 0.2) is 0 Å². The lowest BCUT2D eigenvalue weighted by molar-refractivity contribution is -0.384. The molecule has 90 valence electrons. The molecule has 0 amide bonds. The van der Waals surface area contributed by atoms with Gasteiger partial charge in [-0.2, -0.15) is 0 Å². The number of benzene rings is 1. The summed E-state index contributed by atoms with van der Waals surface area (Å²) in [5, 5.41) is 10.4. The van der Waals surface area contributed by atoms with Gasteiger partial charge in [-0.15, -0.1) is 0 Å². The first-order chi connectivity index (χ1) is 8.06. The van der Waals surface area contributed by atoms with Crippen LogP contribution in [0.15, 0.2) is 24.3 Å². The third-order valence-corrected chi connectivity index (χ3v) is 2.92. The molecule has 0 N–H and O–H groups in total. The Labute approximate surface area is 98.5 Å². The second-order valence-corrected chi connectivity index (χ2v) is 4.41. The maximum Gasteiger partial charge on any atom is 0.338 e. The second kappa shape index (κ2) is 4.53. The zero-order valence-electron chi connectivity index (χ0n) is 9.46. The van der Waals surface area contributed by atoms with E-state index in [1.807, 2.05) is 0 Å². The summed E-state index contributed by atoms with van der Waals surface area (Å²) in [5.74, 6) is 0.210. The van der Waals surface area contributed by atoms with Crippen LogP contribution in [-0.4, -0.2) is 17.0 Å². The summed E-state index contributed by atoms with van der Waals surface area (Å²) in [6, 6.07) is 5.45. The van der Waals surface area contributed by atoms with Crippen molar-refractivity contribution in [2.75, 3.05) is 0 Å². The lowest BCUT2D eigenvalue weighted by Crippen LogP contribution is -2.31. The normalized spacial score (nSPS) is 22.6. The van der Waals surface area contributed by atoms with Gasteiger partial charge < -0.3 is 4.74 Å². The Morgan fingerprint density at radius 1 is 1.35 bits per heavy atom. The number of hydrogen-bond acceptors (Lipinski definition) is 4. The van der Waals surface area contributed by atoms with E-state index in [2.05, 4.69) is 6.92 Å². The molecule has 0 aromatic heterocycles. The van der Waals surface area contributed by atoms with Crippen molar-refractivity contribution in [3.63, 3.8) is 0 Å². The molecule has 0 spiro atoms. The van der Waals surface area contributed by atoms with Crippen LogP contribution in [0, 0.1) is 16.0 Å². The molecule has 0 unspecified atom stereocenters. The lowest BCUT2D eigenvalue weighted by atomic mass is 9.84. The zero-order chi connectivity index (χ0) is 12.4.